The molecule has 1 heterocycles. The molecular formula is C17H25BN2O3S. The molecule has 0 saturated carbocycles. The molecule has 3 N–H and O–H groups in total. The van der Waals surface area contributed by atoms with E-state index >= 15 is 0 Å². The predicted molar refractivity (Wildman–Crippen MR) is 101 cm³/mol. The van der Waals surface area contributed by atoms with Crippen molar-refractivity contribution in [1.82, 2.24) is 0 Å². The third-order valence-corrected chi connectivity index (χ3v) is 5.31. The molecule has 0 atom stereocenters. The van der Waals surface area contributed by atoms with Crippen LogP contribution in [-0.4, -0.2) is 29.2 Å². The number of nitrogens with one attached hydrogen (secondary N) is 1. The van der Waals surface area contributed by atoms with Crippen LogP contribution >= 0.6 is 11.8 Å². The lowest BCUT2D eigenvalue weighted by molar-refractivity contribution is -0.109. The number of nitrogen functional groups attached to an aromatic ring is 1. The van der Waals surface area contributed by atoms with Gasteiger partial charge in [-0.15, -0.1) is 0 Å². The number of hydrazine groups is 1. The average molecular weight is 348 g/mol. The van der Waals surface area contributed by atoms with E-state index in [1.165, 1.54) is 11.8 Å². The van der Waals surface area contributed by atoms with E-state index in [0.29, 0.717) is 5.75 Å². The first-order valence-electron chi connectivity index (χ1n) is 7.91. The molecule has 7 heteroatoms. The lowest BCUT2D eigenvalue weighted by atomic mass is 9.78. The summed E-state index contributed by atoms with van der Waals surface area (Å²) in [4.78, 5) is 11.4. The minimum atomic E-state index is -0.464. The van der Waals surface area contributed by atoms with Gasteiger partial charge in [0.15, 0.2) is 5.12 Å². The van der Waals surface area contributed by atoms with Crippen LogP contribution in [0.3, 0.4) is 0 Å². The van der Waals surface area contributed by atoms with Crippen molar-refractivity contribution in [3.05, 3.63) is 35.3 Å². The van der Waals surface area contributed by atoms with E-state index in [1.807, 2.05) is 58.0 Å². The molecular weight excluding hydrogens is 323 g/mol. The van der Waals surface area contributed by atoms with Crippen molar-refractivity contribution < 1.29 is 14.1 Å². The van der Waals surface area contributed by atoms with Crippen molar-refractivity contribution in [3.8, 4) is 0 Å². The number of hydrogen-bond donors (Lipinski definition) is 2. The van der Waals surface area contributed by atoms with Crippen LogP contribution in [0.4, 0.5) is 5.69 Å². The number of anilines is 1. The van der Waals surface area contributed by atoms with E-state index in [1.54, 1.807) is 6.92 Å². The second-order valence-electron chi connectivity index (χ2n) is 6.85. The fourth-order valence-corrected chi connectivity index (χ4v) is 2.84. The summed E-state index contributed by atoms with van der Waals surface area (Å²) >= 11 is 1.25. The average Bonchev–Trinajstić information content (AvgIpc) is 2.72. The van der Waals surface area contributed by atoms with Gasteiger partial charge in [0, 0.05) is 18.4 Å². The lowest BCUT2D eigenvalue weighted by Crippen LogP contribution is -2.41. The van der Waals surface area contributed by atoms with Crippen LogP contribution in [0.1, 0.15) is 40.2 Å². The molecule has 0 unspecified atom stereocenters. The zero-order chi connectivity index (χ0) is 18.0. The SMILES string of the molecule is CC(=O)SCC(=Cc1ccc(NN)cc1)B1OC(C)(C)C(C)(C)O1. The summed E-state index contributed by atoms with van der Waals surface area (Å²) in [5, 5.41) is 0.0695. The highest BCUT2D eigenvalue weighted by atomic mass is 32.2. The van der Waals surface area contributed by atoms with Gasteiger partial charge in [0.25, 0.3) is 0 Å². The van der Waals surface area contributed by atoms with Crippen molar-refractivity contribution in [2.75, 3.05) is 11.2 Å². The van der Waals surface area contributed by atoms with E-state index in [-0.39, 0.29) is 5.12 Å². The monoisotopic (exact) mass is 348 g/mol. The van der Waals surface area contributed by atoms with Crippen LogP contribution in [0.25, 0.3) is 6.08 Å². The molecule has 0 aliphatic carbocycles. The molecule has 1 aliphatic heterocycles. The van der Waals surface area contributed by atoms with Crippen LogP contribution in [-0.2, 0) is 14.1 Å². The van der Waals surface area contributed by atoms with Crippen LogP contribution in [0, 0.1) is 0 Å². The Hall–Kier alpha value is -1.28. The van der Waals surface area contributed by atoms with Gasteiger partial charge in [-0.2, -0.15) is 0 Å². The first kappa shape index (κ1) is 19.1. The maximum absolute atomic E-state index is 11.4. The van der Waals surface area contributed by atoms with Crippen LogP contribution in [0.15, 0.2) is 29.7 Å². The van der Waals surface area contributed by atoms with E-state index in [9.17, 15) is 4.79 Å². The highest BCUT2D eigenvalue weighted by molar-refractivity contribution is 8.13. The molecule has 1 saturated heterocycles. The second kappa shape index (κ2) is 7.31. The summed E-state index contributed by atoms with van der Waals surface area (Å²) < 4.78 is 12.3. The Balaban J connectivity index is 2.27. The number of nitrogens with two attached hydrogens (primary N) is 1. The van der Waals surface area contributed by atoms with Gasteiger partial charge in [0.05, 0.1) is 11.2 Å². The summed E-state index contributed by atoms with van der Waals surface area (Å²) in [5.74, 6) is 5.93. The Labute approximate surface area is 148 Å². The molecule has 0 spiro atoms. The Morgan fingerprint density at radius 2 is 1.75 bits per heavy atom. The molecule has 0 bridgehead atoms. The number of benzene rings is 1. The lowest BCUT2D eigenvalue weighted by Gasteiger charge is -2.32. The third kappa shape index (κ3) is 4.42. The summed E-state index contributed by atoms with van der Waals surface area (Å²) in [6, 6.07) is 7.70. The Morgan fingerprint density at radius 1 is 1.21 bits per heavy atom. The minimum absolute atomic E-state index is 0.0695. The van der Waals surface area contributed by atoms with Crippen molar-refractivity contribution in [1.29, 1.82) is 0 Å². The van der Waals surface area contributed by atoms with E-state index in [4.69, 9.17) is 15.2 Å². The predicted octanol–water partition coefficient (Wildman–Crippen LogP) is 3.27. The fraction of sp³-hybridized carbons (Fsp3) is 0.471. The smallest absolute Gasteiger partial charge is 0.400 e. The van der Waals surface area contributed by atoms with Crippen LogP contribution < -0.4 is 11.3 Å². The molecule has 24 heavy (non-hydrogen) atoms. The number of rotatable bonds is 5. The van der Waals surface area contributed by atoms with Gasteiger partial charge in [-0.3, -0.25) is 10.6 Å². The van der Waals surface area contributed by atoms with Crippen molar-refractivity contribution in [3.63, 3.8) is 0 Å². The van der Waals surface area contributed by atoms with Crippen molar-refractivity contribution >= 4 is 35.8 Å². The van der Waals surface area contributed by atoms with E-state index in [0.717, 1.165) is 16.7 Å². The second-order valence-corrected chi connectivity index (χ2v) is 8.01. The number of carbonyl (C=O) groups is 1. The summed E-state index contributed by atoms with van der Waals surface area (Å²) in [5.41, 5.74) is 4.55. The molecule has 1 fully saturated rings. The first-order chi connectivity index (χ1) is 11.1. The summed E-state index contributed by atoms with van der Waals surface area (Å²) in [6.07, 6.45) is 2.01. The zero-order valence-corrected chi connectivity index (χ0v) is 15.7. The standard InChI is InChI=1S/C17H25BN2O3S/c1-12(21)24-11-14(10-13-6-8-15(20-19)9-7-13)18-22-16(2,3)17(4,5)23-18/h6-10,20H,11,19H2,1-5H3. The molecule has 1 aromatic rings. The Morgan fingerprint density at radius 3 is 2.21 bits per heavy atom. The third-order valence-electron chi connectivity index (χ3n) is 4.43. The van der Waals surface area contributed by atoms with Gasteiger partial charge < -0.3 is 14.7 Å². The zero-order valence-electron chi connectivity index (χ0n) is 14.9. The molecule has 0 radical (unpaired) electrons. The first-order valence-corrected chi connectivity index (χ1v) is 8.89. The van der Waals surface area contributed by atoms with Crippen molar-refractivity contribution in [2.45, 2.75) is 45.8 Å². The maximum atomic E-state index is 11.4. The van der Waals surface area contributed by atoms with Gasteiger partial charge in [0.2, 0.25) is 0 Å². The van der Waals surface area contributed by atoms with E-state index in [2.05, 4.69) is 5.43 Å². The van der Waals surface area contributed by atoms with Gasteiger partial charge >= 0.3 is 7.12 Å². The summed E-state index contributed by atoms with van der Waals surface area (Å²) in [6.45, 7) is 9.64. The molecule has 5 nitrogen and oxygen atoms in total. The van der Waals surface area contributed by atoms with Gasteiger partial charge in [-0.05, 0) is 50.9 Å². The maximum Gasteiger partial charge on any atom is 0.491 e. The highest BCUT2D eigenvalue weighted by Crippen LogP contribution is 2.39. The summed E-state index contributed by atoms with van der Waals surface area (Å²) in [7, 11) is -0.464. The number of hydrogen-bond acceptors (Lipinski definition) is 6. The number of thioether (sulfide) groups is 1. The normalized spacial score (nSPS) is 19.4. The molecule has 1 aromatic carbocycles. The molecule has 0 amide bonds. The van der Waals surface area contributed by atoms with Crippen LogP contribution in [0.2, 0.25) is 0 Å². The molecule has 0 aromatic heterocycles. The highest BCUT2D eigenvalue weighted by Gasteiger charge is 2.52. The fourth-order valence-electron chi connectivity index (χ4n) is 2.25. The van der Waals surface area contributed by atoms with Gasteiger partial charge in [0.1, 0.15) is 0 Å². The quantitative estimate of drug-likeness (QED) is 0.483. The Kier molecular flexibility index (Phi) is 5.80. The van der Waals surface area contributed by atoms with Gasteiger partial charge in [-0.1, -0.05) is 30.0 Å². The van der Waals surface area contributed by atoms with Crippen molar-refractivity contribution in [2.24, 2.45) is 5.84 Å². The largest absolute Gasteiger partial charge is 0.491 e. The molecule has 2 rings (SSSR count). The topological polar surface area (TPSA) is 73.6 Å². The van der Waals surface area contributed by atoms with Gasteiger partial charge in [-0.25, -0.2) is 0 Å². The molecule has 1 aliphatic rings. The molecule has 130 valence electrons. The number of carbonyl (C=O) groups excluding carboxylic acids is 1. The van der Waals surface area contributed by atoms with Crippen LogP contribution in [0.5, 0.6) is 0 Å². The Bertz CT molecular complexity index is 613. The van der Waals surface area contributed by atoms with E-state index < -0.39 is 18.3 Å². The minimum Gasteiger partial charge on any atom is -0.400 e.